The van der Waals surface area contributed by atoms with Crippen molar-refractivity contribution < 1.29 is 9.59 Å². The molecule has 1 saturated carbocycles. The molecule has 3 rings (SSSR count). The molecule has 1 aromatic carbocycles. The lowest BCUT2D eigenvalue weighted by molar-refractivity contribution is -0.122. The number of carbonyl (C=O) groups excluding carboxylic acids is 2. The van der Waals surface area contributed by atoms with E-state index in [9.17, 15) is 9.59 Å². The second-order valence-electron chi connectivity index (χ2n) is 7.36. The van der Waals surface area contributed by atoms with Crippen LogP contribution >= 0.6 is 0 Å². The van der Waals surface area contributed by atoms with Gasteiger partial charge in [-0.15, -0.1) is 0 Å². The van der Waals surface area contributed by atoms with Crippen LogP contribution in [0, 0.1) is 5.92 Å². The van der Waals surface area contributed by atoms with Crippen LogP contribution in [0.4, 0.5) is 5.69 Å². The fraction of sp³-hybridized carbons (Fsp3) is 0.571. The van der Waals surface area contributed by atoms with Gasteiger partial charge < -0.3 is 20.9 Å². The highest BCUT2D eigenvalue weighted by Crippen LogP contribution is 2.28. The van der Waals surface area contributed by atoms with Crippen molar-refractivity contribution in [3.05, 3.63) is 29.8 Å². The molecule has 1 saturated heterocycles. The highest BCUT2D eigenvalue weighted by atomic mass is 16.2. The molecule has 1 aromatic rings. The monoisotopic (exact) mass is 385 g/mol. The van der Waals surface area contributed by atoms with Crippen LogP contribution in [0.5, 0.6) is 0 Å². The number of rotatable bonds is 8. The maximum absolute atomic E-state index is 12.0. The van der Waals surface area contributed by atoms with Gasteiger partial charge in [0.25, 0.3) is 0 Å². The zero-order valence-corrected chi connectivity index (χ0v) is 16.7. The van der Waals surface area contributed by atoms with Crippen LogP contribution in [0.2, 0.25) is 0 Å². The Balaban J connectivity index is 1.47. The fourth-order valence-corrected chi connectivity index (χ4v) is 3.23. The van der Waals surface area contributed by atoms with Crippen LogP contribution in [0.3, 0.4) is 0 Å². The molecule has 2 fully saturated rings. The molecule has 2 aliphatic rings. The van der Waals surface area contributed by atoms with Crippen LogP contribution in [0.1, 0.15) is 44.6 Å². The van der Waals surface area contributed by atoms with E-state index in [4.69, 9.17) is 0 Å². The summed E-state index contributed by atoms with van der Waals surface area (Å²) in [5.41, 5.74) is 2.06. The summed E-state index contributed by atoms with van der Waals surface area (Å²) in [5.74, 6) is 1.35. The van der Waals surface area contributed by atoms with E-state index < -0.39 is 0 Å². The molecule has 0 atom stereocenters. The molecule has 1 aliphatic carbocycles. The molecular weight excluding hydrogens is 354 g/mol. The lowest BCUT2D eigenvalue weighted by atomic mass is 10.1. The minimum Gasteiger partial charge on any atom is -0.357 e. The maximum atomic E-state index is 12.0. The molecule has 2 amide bonds. The second-order valence-corrected chi connectivity index (χ2v) is 7.36. The molecule has 0 bridgehead atoms. The van der Waals surface area contributed by atoms with Gasteiger partial charge in [-0.25, -0.2) is 4.99 Å². The van der Waals surface area contributed by atoms with Crippen molar-refractivity contribution in [3.63, 3.8) is 0 Å². The van der Waals surface area contributed by atoms with E-state index in [0.29, 0.717) is 26.1 Å². The topological polar surface area (TPSA) is 85.8 Å². The molecule has 0 aromatic heterocycles. The third-order valence-electron chi connectivity index (χ3n) is 5.00. The van der Waals surface area contributed by atoms with Crippen molar-refractivity contribution >= 4 is 23.5 Å². The van der Waals surface area contributed by atoms with Crippen molar-refractivity contribution in [2.24, 2.45) is 10.9 Å². The number of anilines is 1. The lowest BCUT2D eigenvalue weighted by Gasteiger charge is -2.26. The lowest BCUT2D eigenvalue weighted by Crippen LogP contribution is -2.41. The molecule has 152 valence electrons. The van der Waals surface area contributed by atoms with Crippen molar-refractivity contribution in [1.29, 1.82) is 0 Å². The van der Waals surface area contributed by atoms with Gasteiger partial charge in [0, 0.05) is 44.2 Å². The Morgan fingerprint density at radius 3 is 2.54 bits per heavy atom. The second kappa shape index (κ2) is 10.1. The van der Waals surface area contributed by atoms with Gasteiger partial charge in [0.05, 0.1) is 6.54 Å². The summed E-state index contributed by atoms with van der Waals surface area (Å²) in [6.07, 6.45) is 4.75. The molecule has 28 heavy (non-hydrogen) atoms. The highest BCUT2D eigenvalue weighted by molar-refractivity contribution is 5.94. The molecular formula is C21H31N5O2. The van der Waals surface area contributed by atoms with Crippen LogP contribution in [0.25, 0.3) is 0 Å². The van der Waals surface area contributed by atoms with Gasteiger partial charge in [-0.05, 0) is 50.3 Å². The Labute approximate surface area is 167 Å². The van der Waals surface area contributed by atoms with E-state index in [2.05, 4.69) is 20.9 Å². The van der Waals surface area contributed by atoms with Crippen molar-refractivity contribution in [2.75, 3.05) is 31.1 Å². The predicted octanol–water partition coefficient (Wildman–Crippen LogP) is 1.78. The Kier molecular flexibility index (Phi) is 7.28. The van der Waals surface area contributed by atoms with Gasteiger partial charge in [-0.1, -0.05) is 12.1 Å². The van der Waals surface area contributed by atoms with Crippen LogP contribution < -0.4 is 20.9 Å². The zero-order valence-electron chi connectivity index (χ0n) is 16.7. The summed E-state index contributed by atoms with van der Waals surface area (Å²) in [6, 6.07) is 8.06. The molecule has 3 N–H and O–H groups in total. The molecule has 0 unspecified atom stereocenters. The number of piperidine rings is 1. The number of guanidine groups is 1. The predicted molar refractivity (Wildman–Crippen MR) is 111 cm³/mol. The standard InChI is InChI=1S/C21H31N5O2/c1-2-22-21(24-13-12-23-20(28)17-8-9-17)25-15-16-6-10-18(11-7-16)26-14-4-3-5-19(26)27/h6-7,10-11,17H,2-5,8-9,12-15H2,1H3,(H,23,28)(H2,22,24,25). The minimum absolute atomic E-state index is 0.163. The molecule has 7 heteroatoms. The van der Waals surface area contributed by atoms with Crippen molar-refractivity contribution in [2.45, 2.75) is 45.6 Å². The fourth-order valence-electron chi connectivity index (χ4n) is 3.23. The van der Waals surface area contributed by atoms with Gasteiger partial charge in [0.15, 0.2) is 5.96 Å². The minimum atomic E-state index is 0.163. The first-order valence-electron chi connectivity index (χ1n) is 10.4. The van der Waals surface area contributed by atoms with E-state index >= 15 is 0 Å². The van der Waals surface area contributed by atoms with Gasteiger partial charge in [-0.3, -0.25) is 9.59 Å². The van der Waals surface area contributed by atoms with E-state index in [-0.39, 0.29) is 17.7 Å². The Morgan fingerprint density at radius 1 is 1.11 bits per heavy atom. The third kappa shape index (κ3) is 5.97. The number of hydrogen-bond donors (Lipinski definition) is 3. The largest absolute Gasteiger partial charge is 0.357 e. The molecule has 0 spiro atoms. The number of nitrogens with zero attached hydrogens (tertiary/aromatic N) is 2. The van der Waals surface area contributed by atoms with Crippen LogP contribution in [-0.2, 0) is 16.1 Å². The molecule has 7 nitrogen and oxygen atoms in total. The van der Waals surface area contributed by atoms with Crippen LogP contribution in [-0.4, -0.2) is 44.0 Å². The number of amides is 2. The SMILES string of the molecule is CCNC(=NCc1ccc(N2CCCCC2=O)cc1)NCCNC(=O)C1CC1. The summed E-state index contributed by atoms with van der Waals surface area (Å²) in [6.45, 7) is 5.39. The van der Waals surface area contributed by atoms with Gasteiger partial charge in [0.1, 0.15) is 0 Å². The molecule has 0 radical (unpaired) electrons. The Bertz CT molecular complexity index is 697. The van der Waals surface area contributed by atoms with E-state index in [1.165, 1.54) is 0 Å². The number of benzene rings is 1. The maximum Gasteiger partial charge on any atom is 0.226 e. The third-order valence-corrected chi connectivity index (χ3v) is 5.00. The van der Waals surface area contributed by atoms with Gasteiger partial charge in [0.2, 0.25) is 11.8 Å². The molecule has 1 heterocycles. The zero-order chi connectivity index (χ0) is 19.8. The van der Waals surface area contributed by atoms with Crippen molar-refractivity contribution in [1.82, 2.24) is 16.0 Å². The quantitative estimate of drug-likeness (QED) is 0.362. The van der Waals surface area contributed by atoms with Crippen molar-refractivity contribution in [3.8, 4) is 0 Å². The smallest absolute Gasteiger partial charge is 0.226 e. The average molecular weight is 386 g/mol. The first-order chi connectivity index (χ1) is 13.7. The number of aliphatic imine (C=N–C) groups is 1. The normalized spacial score (nSPS) is 17.4. The summed E-state index contributed by atoms with van der Waals surface area (Å²) in [5, 5.41) is 9.40. The first-order valence-corrected chi connectivity index (χ1v) is 10.4. The average Bonchev–Trinajstić information content (AvgIpc) is 3.55. The van der Waals surface area contributed by atoms with Crippen LogP contribution in [0.15, 0.2) is 29.3 Å². The van der Waals surface area contributed by atoms with Gasteiger partial charge in [-0.2, -0.15) is 0 Å². The number of hydrogen-bond acceptors (Lipinski definition) is 3. The first kappa shape index (κ1) is 20.2. The summed E-state index contributed by atoms with van der Waals surface area (Å²) < 4.78 is 0. The number of nitrogens with one attached hydrogen (secondary N) is 3. The number of carbonyl (C=O) groups is 2. The summed E-state index contributed by atoms with van der Waals surface area (Å²) in [4.78, 5) is 30.2. The Hall–Kier alpha value is -2.57. The van der Waals surface area contributed by atoms with E-state index in [1.807, 2.05) is 36.1 Å². The van der Waals surface area contributed by atoms with Gasteiger partial charge >= 0.3 is 0 Å². The van der Waals surface area contributed by atoms with E-state index in [1.54, 1.807) is 0 Å². The highest BCUT2D eigenvalue weighted by Gasteiger charge is 2.28. The summed E-state index contributed by atoms with van der Waals surface area (Å²) >= 11 is 0. The summed E-state index contributed by atoms with van der Waals surface area (Å²) in [7, 11) is 0. The Morgan fingerprint density at radius 2 is 1.86 bits per heavy atom. The molecule has 1 aliphatic heterocycles. The van der Waals surface area contributed by atoms with E-state index in [0.717, 1.165) is 56.0 Å².